The molecule has 4 heteroatoms. The van der Waals surface area contributed by atoms with Crippen LogP contribution in [0.4, 0.5) is 0 Å². The monoisotopic (exact) mass is 197 g/mol. The summed E-state index contributed by atoms with van der Waals surface area (Å²) in [5, 5.41) is 16.8. The number of hydrogen-bond donors (Lipinski definition) is 3. The van der Waals surface area contributed by atoms with Gasteiger partial charge in [0, 0.05) is 25.6 Å². The van der Waals surface area contributed by atoms with Crippen LogP contribution in [0.1, 0.15) is 25.7 Å². The summed E-state index contributed by atoms with van der Waals surface area (Å²) >= 11 is 0. The maximum atomic E-state index is 9.35. The highest BCUT2D eigenvalue weighted by Crippen LogP contribution is 2.48. The van der Waals surface area contributed by atoms with E-state index in [2.05, 4.69) is 0 Å². The average molecular weight is 197 g/mol. The zero-order valence-corrected chi connectivity index (χ0v) is 8.50. The highest BCUT2D eigenvalue weighted by atomic mass is 16.3. The van der Waals surface area contributed by atoms with Gasteiger partial charge in [-0.2, -0.15) is 0 Å². The van der Waals surface area contributed by atoms with Gasteiger partial charge in [-0.1, -0.05) is 12.8 Å². The van der Waals surface area contributed by atoms with Crippen LogP contribution in [-0.4, -0.2) is 35.7 Å². The lowest BCUT2D eigenvalue weighted by Crippen LogP contribution is -2.35. The summed E-state index contributed by atoms with van der Waals surface area (Å²) < 4.78 is 0. The predicted octanol–water partition coefficient (Wildman–Crippen LogP) is 0.364. The van der Waals surface area contributed by atoms with E-state index in [0.29, 0.717) is 5.92 Å². The summed E-state index contributed by atoms with van der Waals surface area (Å²) in [7, 11) is 0. The minimum absolute atomic E-state index is 0.159. The third-order valence-electron chi connectivity index (χ3n) is 3.97. The van der Waals surface area contributed by atoms with E-state index in [1.54, 1.807) is 0 Å². The van der Waals surface area contributed by atoms with Crippen LogP contribution in [0.25, 0.3) is 0 Å². The van der Waals surface area contributed by atoms with E-state index in [1.165, 1.54) is 25.7 Å². The van der Waals surface area contributed by atoms with E-state index in [0.717, 1.165) is 13.1 Å². The van der Waals surface area contributed by atoms with Crippen molar-refractivity contribution >= 4 is 5.96 Å². The van der Waals surface area contributed by atoms with Gasteiger partial charge >= 0.3 is 0 Å². The van der Waals surface area contributed by atoms with E-state index in [9.17, 15) is 5.11 Å². The molecule has 0 bridgehead atoms. The molecule has 0 amide bonds. The topological polar surface area (TPSA) is 73.3 Å². The molecule has 0 aromatic rings. The molecule has 1 heterocycles. The lowest BCUT2D eigenvalue weighted by molar-refractivity contribution is 0.137. The quantitative estimate of drug-likeness (QED) is 0.420. The number of nitrogens with one attached hydrogen (secondary N) is 1. The van der Waals surface area contributed by atoms with Crippen LogP contribution in [0.15, 0.2) is 0 Å². The molecule has 1 aliphatic carbocycles. The van der Waals surface area contributed by atoms with E-state index in [4.69, 9.17) is 11.1 Å². The van der Waals surface area contributed by atoms with E-state index in [-0.39, 0.29) is 18.0 Å². The number of nitrogens with zero attached hydrogens (tertiary/aromatic N) is 1. The second kappa shape index (κ2) is 3.42. The molecular weight excluding hydrogens is 178 g/mol. The molecule has 1 atom stereocenters. The van der Waals surface area contributed by atoms with Gasteiger partial charge in [0.2, 0.25) is 0 Å². The molecule has 2 fully saturated rings. The number of rotatable bonds is 1. The summed E-state index contributed by atoms with van der Waals surface area (Å²) in [5.41, 5.74) is 5.76. The van der Waals surface area contributed by atoms with E-state index < -0.39 is 0 Å². The zero-order valence-electron chi connectivity index (χ0n) is 8.50. The molecule has 0 unspecified atom stereocenters. The van der Waals surface area contributed by atoms with E-state index in [1.807, 2.05) is 4.90 Å². The van der Waals surface area contributed by atoms with Crippen LogP contribution >= 0.6 is 0 Å². The Bertz CT molecular complexity index is 236. The first-order valence-corrected chi connectivity index (χ1v) is 5.38. The SMILES string of the molecule is N=C(N)N1C[C@H](CO)C2(CCCC2)C1. The average Bonchev–Trinajstić information content (AvgIpc) is 2.74. The molecule has 4 nitrogen and oxygen atoms in total. The van der Waals surface area contributed by atoms with Gasteiger partial charge in [-0.3, -0.25) is 5.41 Å². The minimum Gasteiger partial charge on any atom is -0.396 e. The molecule has 1 saturated heterocycles. The number of aliphatic hydroxyl groups is 1. The van der Waals surface area contributed by atoms with Crippen molar-refractivity contribution in [2.75, 3.05) is 19.7 Å². The van der Waals surface area contributed by atoms with Crippen molar-refractivity contribution in [3.8, 4) is 0 Å². The fourth-order valence-electron chi connectivity index (χ4n) is 3.11. The van der Waals surface area contributed by atoms with Crippen molar-refractivity contribution in [2.45, 2.75) is 25.7 Å². The molecule has 1 saturated carbocycles. The third-order valence-corrected chi connectivity index (χ3v) is 3.97. The van der Waals surface area contributed by atoms with Gasteiger partial charge in [0.1, 0.15) is 0 Å². The van der Waals surface area contributed by atoms with Gasteiger partial charge in [0.15, 0.2) is 5.96 Å². The van der Waals surface area contributed by atoms with Crippen molar-refractivity contribution < 1.29 is 5.11 Å². The summed E-state index contributed by atoms with van der Waals surface area (Å²) in [4.78, 5) is 1.91. The Kier molecular flexibility index (Phi) is 2.39. The predicted molar refractivity (Wildman–Crippen MR) is 55.0 cm³/mol. The molecule has 14 heavy (non-hydrogen) atoms. The van der Waals surface area contributed by atoms with Crippen LogP contribution in [0.3, 0.4) is 0 Å². The van der Waals surface area contributed by atoms with Crippen molar-refractivity contribution in [3.63, 3.8) is 0 Å². The second-order valence-electron chi connectivity index (χ2n) is 4.71. The lowest BCUT2D eigenvalue weighted by Gasteiger charge is -2.28. The van der Waals surface area contributed by atoms with Crippen LogP contribution in [0, 0.1) is 16.7 Å². The molecule has 1 aliphatic heterocycles. The zero-order chi connectivity index (χ0) is 10.2. The van der Waals surface area contributed by atoms with Gasteiger partial charge in [-0.05, 0) is 18.3 Å². The Morgan fingerprint density at radius 3 is 2.64 bits per heavy atom. The number of likely N-dealkylation sites (tertiary alicyclic amines) is 1. The van der Waals surface area contributed by atoms with Crippen LogP contribution < -0.4 is 5.73 Å². The van der Waals surface area contributed by atoms with E-state index >= 15 is 0 Å². The summed E-state index contributed by atoms with van der Waals surface area (Å²) in [6, 6.07) is 0. The smallest absolute Gasteiger partial charge is 0.188 e. The number of guanidine groups is 1. The number of hydrogen-bond acceptors (Lipinski definition) is 2. The van der Waals surface area contributed by atoms with Gasteiger partial charge in [-0.25, -0.2) is 0 Å². The van der Waals surface area contributed by atoms with Crippen molar-refractivity contribution in [1.29, 1.82) is 5.41 Å². The highest BCUT2D eigenvalue weighted by molar-refractivity contribution is 5.75. The van der Waals surface area contributed by atoms with Crippen molar-refractivity contribution in [1.82, 2.24) is 4.90 Å². The van der Waals surface area contributed by atoms with Gasteiger partial charge in [-0.15, -0.1) is 0 Å². The molecule has 80 valence electrons. The number of aliphatic hydroxyl groups excluding tert-OH is 1. The lowest BCUT2D eigenvalue weighted by atomic mass is 9.77. The van der Waals surface area contributed by atoms with Gasteiger partial charge in [0.05, 0.1) is 0 Å². The van der Waals surface area contributed by atoms with Gasteiger partial charge in [0.25, 0.3) is 0 Å². The standard InChI is InChI=1S/C10H19N3O/c11-9(12)13-5-8(6-14)10(7-13)3-1-2-4-10/h8,14H,1-7H2,(H3,11,12)/t8-/m1/s1. The Labute approximate surface area is 84.6 Å². The van der Waals surface area contributed by atoms with Crippen molar-refractivity contribution in [3.05, 3.63) is 0 Å². The fraction of sp³-hybridized carbons (Fsp3) is 0.900. The molecule has 0 aromatic heterocycles. The maximum Gasteiger partial charge on any atom is 0.188 e. The Morgan fingerprint density at radius 1 is 1.50 bits per heavy atom. The number of nitrogens with two attached hydrogens (primary N) is 1. The Morgan fingerprint density at radius 2 is 2.14 bits per heavy atom. The maximum absolute atomic E-state index is 9.35. The molecular formula is C10H19N3O. The van der Waals surface area contributed by atoms with Crippen LogP contribution in [0.5, 0.6) is 0 Å². The fourth-order valence-corrected chi connectivity index (χ4v) is 3.11. The molecule has 1 spiro atoms. The Balaban J connectivity index is 2.13. The first-order valence-electron chi connectivity index (χ1n) is 5.38. The Hall–Kier alpha value is -0.770. The molecule has 0 aromatic carbocycles. The summed E-state index contributed by atoms with van der Waals surface area (Å²) in [5.74, 6) is 0.487. The van der Waals surface area contributed by atoms with Crippen LogP contribution in [0.2, 0.25) is 0 Å². The minimum atomic E-state index is 0.159. The molecule has 0 radical (unpaired) electrons. The largest absolute Gasteiger partial charge is 0.396 e. The summed E-state index contributed by atoms with van der Waals surface area (Å²) in [6.45, 7) is 1.89. The third kappa shape index (κ3) is 1.38. The molecule has 2 rings (SSSR count). The van der Waals surface area contributed by atoms with Crippen LogP contribution in [-0.2, 0) is 0 Å². The molecule has 4 N–H and O–H groups in total. The van der Waals surface area contributed by atoms with Crippen molar-refractivity contribution in [2.24, 2.45) is 17.1 Å². The first-order chi connectivity index (χ1) is 6.68. The normalized spacial score (nSPS) is 30.1. The first kappa shape index (κ1) is 9.77. The summed E-state index contributed by atoms with van der Waals surface area (Å²) in [6.07, 6.45) is 4.93. The molecule has 2 aliphatic rings. The van der Waals surface area contributed by atoms with Gasteiger partial charge < -0.3 is 15.7 Å². The highest BCUT2D eigenvalue weighted by Gasteiger charge is 2.47. The second-order valence-corrected chi connectivity index (χ2v) is 4.71.